The topological polar surface area (TPSA) is 51.0 Å². The zero-order chi connectivity index (χ0) is 16.3. The third kappa shape index (κ3) is 3.86. The summed E-state index contributed by atoms with van der Waals surface area (Å²) >= 11 is 4.98. The molecule has 0 N–H and O–H groups in total. The van der Waals surface area contributed by atoms with Crippen LogP contribution in [0.4, 0.5) is 10.1 Å². The average molecular weight is 387 g/mol. The van der Waals surface area contributed by atoms with E-state index in [0.717, 1.165) is 6.20 Å². The number of nitrogens with zero attached hydrogens (tertiary/aromatic N) is 4. The Labute approximate surface area is 141 Å². The molecule has 0 unspecified atom stereocenters. The monoisotopic (exact) mass is 386 g/mol. The van der Waals surface area contributed by atoms with E-state index in [4.69, 9.17) is 0 Å². The lowest BCUT2D eigenvalue weighted by Gasteiger charge is -2.17. The molecular formula is C14H16BrFN4OS. The first-order valence-electron chi connectivity index (χ1n) is 6.57. The van der Waals surface area contributed by atoms with Gasteiger partial charge in [0.15, 0.2) is 4.60 Å². The lowest BCUT2D eigenvalue weighted by Crippen LogP contribution is -2.28. The standard InChI is InChI=1S/C14H16BrFN4OS/c1-9(22-3)4-13(21)19(2)12-8-20(18-14(12)15)11-5-10(16)6-17-7-11/h5-9H,4H2,1-3H3/t9-/m0/s1. The first kappa shape index (κ1) is 17.0. The van der Waals surface area contributed by atoms with Gasteiger partial charge in [0.25, 0.3) is 0 Å². The summed E-state index contributed by atoms with van der Waals surface area (Å²) in [6, 6.07) is 1.33. The number of pyridine rings is 1. The molecule has 0 aromatic carbocycles. The van der Waals surface area contributed by atoms with E-state index in [1.165, 1.54) is 16.9 Å². The number of hydrogen-bond acceptors (Lipinski definition) is 4. The highest BCUT2D eigenvalue weighted by Crippen LogP contribution is 2.26. The number of carbonyl (C=O) groups excluding carboxylic acids is 1. The van der Waals surface area contributed by atoms with Gasteiger partial charge in [-0.2, -0.15) is 16.9 Å². The fourth-order valence-electron chi connectivity index (χ4n) is 1.83. The molecule has 0 saturated carbocycles. The maximum absolute atomic E-state index is 13.2. The van der Waals surface area contributed by atoms with Crippen molar-refractivity contribution in [1.82, 2.24) is 14.8 Å². The van der Waals surface area contributed by atoms with E-state index >= 15 is 0 Å². The van der Waals surface area contributed by atoms with Crippen molar-refractivity contribution < 1.29 is 9.18 Å². The normalized spacial score (nSPS) is 12.2. The van der Waals surface area contributed by atoms with Gasteiger partial charge in [-0.15, -0.1) is 0 Å². The molecule has 22 heavy (non-hydrogen) atoms. The van der Waals surface area contributed by atoms with Crippen LogP contribution in [0, 0.1) is 5.82 Å². The lowest BCUT2D eigenvalue weighted by molar-refractivity contribution is -0.118. The zero-order valence-corrected chi connectivity index (χ0v) is 14.9. The largest absolute Gasteiger partial charge is 0.312 e. The van der Waals surface area contributed by atoms with Crippen molar-refractivity contribution in [3.8, 4) is 5.69 Å². The Bertz CT molecular complexity index is 679. The van der Waals surface area contributed by atoms with Crippen LogP contribution < -0.4 is 4.90 Å². The van der Waals surface area contributed by atoms with E-state index in [0.29, 0.717) is 22.4 Å². The van der Waals surface area contributed by atoms with E-state index in [2.05, 4.69) is 26.0 Å². The predicted octanol–water partition coefficient (Wildman–Crippen LogP) is 3.27. The second-order valence-electron chi connectivity index (χ2n) is 4.81. The Balaban J connectivity index is 2.24. The molecular weight excluding hydrogens is 371 g/mol. The van der Waals surface area contributed by atoms with Crippen LogP contribution in [-0.2, 0) is 4.79 Å². The van der Waals surface area contributed by atoms with Gasteiger partial charge < -0.3 is 4.90 Å². The number of carbonyl (C=O) groups is 1. The van der Waals surface area contributed by atoms with Crippen molar-refractivity contribution in [2.45, 2.75) is 18.6 Å². The van der Waals surface area contributed by atoms with E-state index in [1.54, 1.807) is 29.9 Å². The van der Waals surface area contributed by atoms with Crippen LogP contribution in [0.2, 0.25) is 0 Å². The number of halogens is 2. The summed E-state index contributed by atoms with van der Waals surface area (Å²) in [5.74, 6) is -0.441. The van der Waals surface area contributed by atoms with Gasteiger partial charge in [0.1, 0.15) is 5.82 Å². The summed E-state index contributed by atoms with van der Waals surface area (Å²) in [5.41, 5.74) is 1.12. The van der Waals surface area contributed by atoms with E-state index < -0.39 is 5.82 Å². The predicted molar refractivity (Wildman–Crippen MR) is 90.0 cm³/mol. The van der Waals surface area contributed by atoms with Crippen molar-refractivity contribution in [1.29, 1.82) is 0 Å². The second-order valence-corrected chi connectivity index (χ2v) is 6.84. The molecule has 0 aliphatic carbocycles. The van der Waals surface area contributed by atoms with Gasteiger partial charge in [0.05, 0.1) is 30.0 Å². The van der Waals surface area contributed by atoms with Crippen LogP contribution in [-0.4, -0.2) is 39.2 Å². The molecule has 0 spiro atoms. The average Bonchev–Trinajstić information content (AvgIpc) is 2.88. The summed E-state index contributed by atoms with van der Waals surface area (Å²) in [5, 5.41) is 4.50. The summed E-state index contributed by atoms with van der Waals surface area (Å²) in [7, 11) is 1.70. The minimum absolute atomic E-state index is 0.000493. The Morgan fingerprint density at radius 2 is 2.27 bits per heavy atom. The van der Waals surface area contributed by atoms with Crippen LogP contribution in [0.5, 0.6) is 0 Å². The zero-order valence-electron chi connectivity index (χ0n) is 12.5. The molecule has 1 atom stereocenters. The molecule has 0 aliphatic heterocycles. The van der Waals surface area contributed by atoms with Crippen molar-refractivity contribution in [2.75, 3.05) is 18.2 Å². The number of hydrogen-bond donors (Lipinski definition) is 0. The number of rotatable bonds is 5. The van der Waals surface area contributed by atoms with Crippen LogP contribution >= 0.6 is 27.7 Å². The molecule has 1 amide bonds. The van der Waals surface area contributed by atoms with Crippen molar-refractivity contribution in [3.63, 3.8) is 0 Å². The molecule has 0 radical (unpaired) electrons. The number of thioether (sulfide) groups is 1. The molecule has 0 fully saturated rings. The molecule has 0 aliphatic rings. The highest BCUT2D eigenvalue weighted by atomic mass is 79.9. The fraction of sp³-hybridized carbons (Fsp3) is 0.357. The van der Waals surface area contributed by atoms with Gasteiger partial charge in [-0.1, -0.05) is 6.92 Å². The highest BCUT2D eigenvalue weighted by Gasteiger charge is 2.19. The SMILES string of the molecule is CS[C@@H](C)CC(=O)N(C)c1cn(-c2cncc(F)c2)nc1Br. The summed E-state index contributed by atoms with van der Waals surface area (Å²) < 4.78 is 15.2. The fourth-order valence-corrected chi connectivity index (χ4v) is 2.68. The summed E-state index contributed by atoms with van der Waals surface area (Å²) in [4.78, 5) is 17.6. The second kappa shape index (κ2) is 7.23. The van der Waals surface area contributed by atoms with Crippen molar-refractivity contribution >= 4 is 39.3 Å². The number of aromatic nitrogens is 3. The van der Waals surface area contributed by atoms with Gasteiger partial charge in [-0.05, 0) is 22.2 Å². The molecule has 0 bridgehead atoms. The molecule has 0 saturated heterocycles. The Kier molecular flexibility index (Phi) is 5.57. The third-order valence-corrected chi connectivity index (χ3v) is 4.74. The van der Waals surface area contributed by atoms with E-state index in [-0.39, 0.29) is 11.2 Å². The lowest BCUT2D eigenvalue weighted by atomic mass is 10.3. The first-order chi connectivity index (χ1) is 10.4. The Hall–Kier alpha value is -1.41. The van der Waals surface area contributed by atoms with Crippen LogP contribution in [0.3, 0.4) is 0 Å². The maximum Gasteiger partial charge on any atom is 0.227 e. The first-order valence-corrected chi connectivity index (χ1v) is 8.66. The van der Waals surface area contributed by atoms with Crippen LogP contribution in [0.15, 0.2) is 29.3 Å². The van der Waals surface area contributed by atoms with Gasteiger partial charge >= 0.3 is 0 Å². The third-order valence-electron chi connectivity index (χ3n) is 3.21. The molecule has 8 heteroatoms. The van der Waals surface area contributed by atoms with Gasteiger partial charge in [-0.3, -0.25) is 9.78 Å². The highest BCUT2D eigenvalue weighted by molar-refractivity contribution is 9.10. The molecule has 2 aromatic rings. The number of anilines is 1. The summed E-state index contributed by atoms with van der Waals surface area (Å²) in [6.45, 7) is 2.01. The quantitative estimate of drug-likeness (QED) is 0.790. The van der Waals surface area contributed by atoms with Gasteiger partial charge in [0, 0.05) is 24.8 Å². The minimum Gasteiger partial charge on any atom is -0.312 e. The Morgan fingerprint density at radius 1 is 1.55 bits per heavy atom. The van der Waals surface area contributed by atoms with Crippen LogP contribution in [0.1, 0.15) is 13.3 Å². The smallest absolute Gasteiger partial charge is 0.227 e. The minimum atomic E-state index is -0.441. The van der Waals surface area contributed by atoms with Crippen molar-refractivity contribution in [3.05, 3.63) is 35.1 Å². The summed E-state index contributed by atoms with van der Waals surface area (Å²) in [6.07, 6.45) is 6.72. The van der Waals surface area contributed by atoms with E-state index in [9.17, 15) is 9.18 Å². The van der Waals surface area contributed by atoms with Crippen molar-refractivity contribution in [2.24, 2.45) is 0 Å². The van der Waals surface area contributed by atoms with Gasteiger partial charge in [-0.25, -0.2) is 9.07 Å². The van der Waals surface area contributed by atoms with E-state index in [1.807, 2.05) is 13.2 Å². The molecule has 2 rings (SSSR count). The Morgan fingerprint density at radius 3 is 2.91 bits per heavy atom. The molecule has 118 valence electrons. The van der Waals surface area contributed by atoms with Gasteiger partial charge in [0.2, 0.25) is 5.91 Å². The molecule has 2 aromatic heterocycles. The molecule has 5 nitrogen and oxygen atoms in total. The maximum atomic E-state index is 13.2. The number of amides is 1. The van der Waals surface area contributed by atoms with Crippen LogP contribution in [0.25, 0.3) is 5.69 Å². The molecule has 2 heterocycles.